The number of nitrogens with zero attached hydrogens (tertiary/aromatic N) is 3. The molecule has 0 saturated heterocycles. The molecule has 7 nitrogen and oxygen atoms in total. The van der Waals surface area contributed by atoms with Crippen molar-refractivity contribution in [2.45, 2.75) is 13.0 Å². The minimum Gasteiger partial charge on any atom is -0.507 e. The molecule has 0 aliphatic heterocycles. The van der Waals surface area contributed by atoms with Crippen molar-refractivity contribution in [2.24, 2.45) is 0 Å². The monoisotopic (exact) mass is 359 g/mol. The zero-order valence-corrected chi connectivity index (χ0v) is 11.5. The van der Waals surface area contributed by atoms with Gasteiger partial charge in [-0.15, -0.1) is 10.2 Å². The van der Waals surface area contributed by atoms with E-state index in [1.54, 1.807) is 19.1 Å². The summed E-state index contributed by atoms with van der Waals surface area (Å²) in [7, 11) is 0. The average molecular weight is 359 g/mol. The van der Waals surface area contributed by atoms with Gasteiger partial charge in [-0.1, -0.05) is 5.21 Å². The molecule has 1 aromatic heterocycles. The fourth-order valence-electron chi connectivity index (χ4n) is 1.38. The number of hydrogen-bond donors (Lipinski definition) is 3. The van der Waals surface area contributed by atoms with Gasteiger partial charge >= 0.3 is 0 Å². The lowest BCUT2D eigenvalue weighted by Crippen LogP contribution is -2.27. The number of rotatable bonds is 3. The number of carbonyl (C=O) groups is 1. The normalized spacial score (nSPS) is 12.1. The maximum absolute atomic E-state index is 12.0. The molecule has 0 bridgehead atoms. The Bertz CT molecular complexity index is 557. The number of benzene rings is 1. The molecule has 0 aliphatic rings. The third-order valence-electron chi connectivity index (χ3n) is 2.30. The Balaban J connectivity index is 2.15. The molecule has 8 heteroatoms. The average Bonchev–Trinajstić information content (AvgIpc) is 2.85. The van der Waals surface area contributed by atoms with E-state index in [9.17, 15) is 9.90 Å². The van der Waals surface area contributed by atoms with Crippen molar-refractivity contribution in [2.75, 3.05) is 0 Å². The van der Waals surface area contributed by atoms with E-state index in [2.05, 4.69) is 48.5 Å². The molecule has 1 unspecified atom stereocenters. The van der Waals surface area contributed by atoms with Crippen LogP contribution in [0.1, 0.15) is 29.1 Å². The fraction of sp³-hybridized carbons (Fsp3) is 0.200. The van der Waals surface area contributed by atoms with Crippen LogP contribution in [-0.2, 0) is 0 Å². The Hall–Kier alpha value is -1.71. The molecule has 94 valence electrons. The van der Waals surface area contributed by atoms with Crippen molar-refractivity contribution >= 4 is 28.5 Å². The number of nitrogens with one attached hydrogen (secondary N) is 2. The Morgan fingerprint density at radius 3 is 3.00 bits per heavy atom. The highest BCUT2D eigenvalue weighted by atomic mass is 127. The molecule has 3 N–H and O–H groups in total. The van der Waals surface area contributed by atoms with Crippen molar-refractivity contribution in [3.05, 3.63) is 33.2 Å². The lowest BCUT2D eigenvalue weighted by atomic mass is 10.1. The van der Waals surface area contributed by atoms with Gasteiger partial charge in [0.1, 0.15) is 5.75 Å². The predicted octanol–water partition coefficient (Wildman–Crippen LogP) is 1.00. The zero-order chi connectivity index (χ0) is 13.1. The molecule has 1 heterocycles. The van der Waals surface area contributed by atoms with Gasteiger partial charge in [-0.2, -0.15) is 5.21 Å². The molecule has 0 saturated carbocycles. The van der Waals surface area contributed by atoms with Crippen LogP contribution in [0.5, 0.6) is 5.75 Å². The summed E-state index contributed by atoms with van der Waals surface area (Å²) in [6, 6.07) is 4.41. The van der Waals surface area contributed by atoms with E-state index >= 15 is 0 Å². The predicted molar refractivity (Wildman–Crippen MR) is 70.9 cm³/mol. The van der Waals surface area contributed by atoms with Gasteiger partial charge in [0, 0.05) is 3.57 Å². The van der Waals surface area contributed by atoms with E-state index in [0.29, 0.717) is 5.82 Å². The standard InChI is InChI=1S/C10H10IN5O2/c1-5(9-13-15-16-14-9)12-10(18)7-4-6(11)2-3-8(7)17/h2-5,17H,1H3,(H,12,18)(H,13,14,15,16). The van der Waals surface area contributed by atoms with E-state index < -0.39 is 6.04 Å². The highest BCUT2D eigenvalue weighted by Gasteiger charge is 2.17. The van der Waals surface area contributed by atoms with Crippen molar-refractivity contribution < 1.29 is 9.90 Å². The number of hydrogen-bond acceptors (Lipinski definition) is 5. The second kappa shape index (κ2) is 5.29. The summed E-state index contributed by atoms with van der Waals surface area (Å²) in [5, 5.41) is 25.6. The van der Waals surface area contributed by atoms with E-state index in [-0.39, 0.29) is 17.2 Å². The van der Waals surface area contributed by atoms with E-state index in [1.165, 1.54) is 6.07 Å². The number of amides is 1. The first-order valence-corrected chi connectivity index (χ1v) is 6.18. The number of tetrazole rings is 1. The first kappa shape index (κ1) is 12.7. The molecule has 0 aliphatic carbocycles. The van der Waals surface area contributed by atoms with Crippen molar-refractivity contribution in [1.29, 1.82) is 0 Å². The smallest absolute Gasteiger partial charge is 0.255 e. The summed E-state index contributed by atoms with van der Waals surface area (Å²) >= 11 is 2.07. The van der Waals surface area contributed by atoms with Gasteiger partial charge in [0.05, 0.1) is 11.6 Å². The maximum Gasteiger partial charge on any atom is 0.255 e. The minimum absolute atomic E-state index is 0.0618. The number of aromatic nitrogens is 4. The number of carbonyl (C=O) groups excluding carboxylic acids is 1. The quantitative estimate of drug-likeness (QED) is 0.710. The number of aromatic hydroxyl groups is 1. The third kappa shape index (κ3) is 2.75. The molecule has 1 aromatic carbocycles. The summed E-state index contributed by atoms with van der Waals surface area (Å²) < 4.78 is 0.864. The third-order valence-corrected chi connectivity index (χ3v) is 2.97. The minimum atomic E-state index is -0.395. The van der Waals surface area contributed by atoms with Crippen LogP contribution >= 0.6 is 22.6 Å². The Morgan fingerprint density at radius 1 is 1.56 bits per heavy atom. The number of phenolic OH excluding ortho intramolecular Hbond substituents is 1. The molecule has 0 radical (unpaired) electrons. The van der Waals surface area contributed by atoms with E-state index in [4.69, 9.17) is 0 Å². The van der Waals surface area contributed by atoms with Crippen LogP contribution < -0.4 is 5.32 Å². The zero-order valence-electron chi connectivity index (χ0n) is 9.38. The molecule has 18 heavy (non-hydrogen) atoms. The van der Waals surface area contributed by atoms with Gasteiger partial charge in [-0.25, -0.2) is 0 Å². The van der Waals surface area contributed by atoms with Crippen LogP contribution in [0.4, 0.5) is 0 Å². The maximum atomic E-state index is 12.0. The molecule has 1 atom stereocenters. The molecular formula is C10H10IN5O2. The largest absolute Gasteiger partial charge is 0.507 e. The summed E-state index contributed by atoms with van der Waals surface area (Å²) in [4.78, 5) is 12.0. The lowest BCUT2D eigenvalue weighted by Gasteiger charge is -2.11. The molecule has 2 aromatic rings. The molecule has 0 fully saturated rings. The van der Waals surface area contributed by atoms with Gasteiger partial charge in [-0.3, -0.25) is 4.79 Å². The number of H-pyrrole nitrogens is 1. The number of phenols is 1. The fourth-order valence-corrected chi connectivity index (χ4v) is 1.87. The van der Waals surface area contributed by atoms with Crippen LogP contribution in [0, 0.1) is 3.57 Å². The summed E-state index contributed by atoms with van der Waals surface area (Å²) in [6.45, 7) is 1.73. The Kier molecular flexibility index (Phi) is 3.75. The van der Waals surface area contributed by atoms with Crippen LogP contribution in [0.25, 0.3) is 0 Å². The van der Waals surface area contributed by atoms with Crippen molar-refractivity contribution in [1.82, 2.24) is 25.9 Å². The molecule has 1 amide bonds. The highest BCUT2D eigenvalue weighted by Crippen LogP contribution is 2.20. The van der Waals surface area contributed by atoms with Gasteiger partial charge in [0.15, 0.2) is 5.82 Å². The first-order valence-electron chi connectivity index (χ1n) is 5.10. The van der Waals surface area contributed by atoms with Crippen LogP contribution in [0.15, 0.2) is 18.2 Å². The second-order valence-corrected chi connectivity index (χ2v) is 4.87. The molecule has 0 spiro atoms. The summed E-state index contributed by atoms with van der Waals surface area (Å²) in [6.07, 6.45) is 0. The van der Waals surface area contributed by atoms with E-state index in [0.717, 1.165) is 3.57 Å². The van der Waals surface area contributed by atoms with Crippen LogP contribution in [-0.4, -0.2) is 31.6 Å². The Labute approximate surface area is 116 Å². The summed E-state index contributed by atoms with van der Waals surface area (Å²) in [5.74, 6) is -0.0648. The molecular weight excluding hydrogens is 349 g/mol. The van der Waals surface area contributed by atoms with Crippen molar-refractivity contribution in [3.8, 4) is 5.75 Å². The van der Waals surface area contributed by atoms with Crippen LogP contribution in [0.3, 0.4) is 0 Å². The van der Waals surface area contributed by atoms with Gasteiger partial charge in [-0.05, 0) is 47.7 Å². The Morgan fingerprint density at radius 2 is 2.33 bits per heavy atom. The summed E-state index contributed by atoms with van der Waals surface area (Å²) in [5.41, 5.74) is 0.220. The number of aromatic amines is 1. The van der Waals surface area contributed by atoms with Gasteiger partial charge in [0.2, 0.25) is 0 Å². The van der Waals surface area contributed by atoms with Gasteiger partial charge in [0.25, 0.3) is 5.91 Å². The van der Waals surface area contributed by atoms with E-state index in [1.807, 2.05) is 0 Å². The highest BCUT2D eigenvalue weighted by molar-refractivity contribution is 14.1. The van der Waals surface area contributed by atoms with Crippen molar-refractivity contribution in [3.63, 3.8) is 0 Å². The van der Waals surface area contributed by atoms with Gasteiger partial charge < -0.3 is 10.4 Å². The SMILES string of the molecule is CC(NC(=O)c1cc(I)ccc1O)c1nn[nH]n1. The topological polar surface area (TPSA) is 104 Å². The first-order chi connectivity index (χ1) is 8.58. The number of halogens is 1. The second-order valence-electron chi connectivity index (χ2n) is 3.63. The lowest BCUT2D eigenvalue weighted by molar-refractivity contribution is 0.0935. The van der Waals surface area contributed by atoms with Crippen LogP contribution in [0.2, 0.25) is 0 Å². The molecule has 2 rings (SSSR count).